The van der Waals surface area contributed by atoms with Gasteiger partial charge in [0, 0.05) is 17.1 Å². The van der Waals surface area contributed by atoms with Gasteiger partial charge in [-0.1, -0.05) is 41.9 Å². The summed E-state index contributed by atoms with van der Waals surface area (Å²) in [5, 5.41) is 3.30. The van der Waals surface area contributed by atoms with Gasteiger partial charge in [0.2, 0.25) is 0 Å². The molecule has 6 heteroatoms. The third kappa shape index (κ3) is 5.59. The molecule has 0 aliphatic carbocycles. The molecule has 1 heterocycles. The lowest BCUT2D eigenvalue weighted by Gasteiger charge is -2.17. The second-order valence-corrected chi connectivity index (χ2v) is 6.59. The van der Waals surface area contributed by atoms with Gasteiger partial charge in [-0.15, -0.1) is 0 Å². The summed E-state index contributed by atoms with van der Waals surface area (Å²) < 4.78 is 10.6. The largest absolute Gasteiger partial charge is 0.488 e. The van der Waals surface area contributed by atoms with Crippen molar-refractivity contribution in [1.29, 1.82) is 0 Å². The number of nitrogens with one attached hydrogen (secondary N) is 1. The number of ether oxygens (including phenoxy) is 2. The highest BCUT2D eigenvalue weighted by atomic mass is 35.5. The fourth-order valence-corrected chi connectivity index (χ4v) is 2.89. The number of carbonyl (C=O) groups is 2. The third-order valence-corrected chi connectivity index (χ3v) is 4.32. The molecule has 2 aromatic rings. The maximum absolute atomic E-state index is 12.1. The van der Waals surface area contributed by atoms with Crippen LogP contribution in [0.3, 0.4) is 0 Å². The molecule has 1 amide bonds. The quantitative estimate of drug-likeness (QED) is 0.586. The molecule has 140 valence electrons. The van der Waals surface area contributed by atoms with Crippen LogP contribution in [-0.4, -0.2) is 31.6 Å². The summed E-state index contributed by atoms with van der Waals surface area (Å²) in [5.41, 5.74) is 2.29. The zero-order chi connectivity index (χ0) is 19.1. The lowest BCUT2D eigenvalue weighted by molar-refractivity contribution is -0.145. The molecule has 27 heavy (non-hydrogen) atoms. The SMILES string of the molecule is O=C(COC(=O)C1=Cc2cc(Cl)ccc2OC1)NCCCc1ccccc1. The number of carbonyl (C=O) groups excluding carboxylic acids is 2. The highest BCUT2D eigenvalue weighted by molar-refractivity contribution is 6.30. The lowest BCUT2D eigenvalue weighted by Crippen LogP contribution is -2.30. The Bertz CT molecular complexity index is 849. The predicted octanol–water partition coefficient (Wildman–Crippen LogP) is 3.41. The molecule has 0 spiro atoms. The van der Waals surface area contributed by atoms with Gasteiger partial charge in [0.1, 0.15) is 12.4 Å². The molecule has 0 saturated heterocycles. The van der Waals surface area contributed by atoms with E-state index >= 15 is 0 Å². The van der Waals surface area contributed by atoms with Crippen LogP contribution in [0.2, 0.25) is 5.02 Å². The summed E-state index contributed by atoms with van der Waals surface area (Å²) in [6.07, 6.45) is 3.37. The highest BCUT2D eigenvalue weighted by Gasteiger charge is 2.19. The van der Waals surface area contributed by atoms with E-state index in [4.69, 9.17) is 21.1 Å². The van der Waals surface area contributed by atoms with Crippen LogP contribution in [0.5, 0.6) is 5.75 Å². The van der Waals surface area contributed by atoms with Crippen molar-refractivity contribution in [3.63, 3.8) is 0 Å². The Balaban J connectivity index is 1.40. The van der Waals surface area contributed by atoms with Gasteiger partial charge >= 0.3 is 5.97 Å². The molecule has 1 aliphatic heterocycles. The number of amides is 1. The molecular weight excluding hydrogens is 366 g/mol. The van der Waals surface area contributed by atoms with E-state index in [1.54, 1.807) is 24.3 Å². The van der Waals surface area contributed by atoms with Crippen LogP contribution in [-0.2, 0) is 20.7 Å². The number of hydrogen-bond donors (Lipinski definition) is 1. The first kappa shape index (κ1) is 19.0. The van der Waals surface area contributed by atoms with Crippen molar-refractivity contribution in [2.24, 2.45) is 0 Å². The third-order valence-electron chi connectivity index (χ3n) is 4.09. The standard InChI is InChI=1S/C21H20ClNO4/c22-18-8-9-19-16(12-18)11-17(13-26-19)21(25)27-14-20(24)23-10-4-7-15-5-2-1-3-6-15/h1-3,5-6,8-9,11-12H,4,7,10,13-14H2,(H,23,24). The number of esters is 1. The van der Waals surface area contributed by atoms with E-state index in [-0.39, 0.29) is 19.1 Å². The van der Waals surface area contributed by atoms with Gasteiger partial charge in [-0.3, -0.25) is 4.79 Å². The smallest absolute Gasteiger partial charge is 0.338 e. The maximum Gasteiger partial charge on any atom is 0.338 e. The normalized spacial score (nSPS) is 12.4. The number of aryl methyl sites for hydroxylation is 1. The second kappa shape index (κ2) is 9.24. The van der Waals surface area contributed by atoms with E-state index in [0.717, 1.165) is 12.8 Å². The predicted molar refractivity (Wildman–Crippen MR) is 104 cm³/mol. The van der Waals surface area contributed by atoms with Crippen molar-refractivity contribution in [1.82, 2.24) is 5.32 Å². The minimum atomic E-state index is -0.569. The van der Waals surface area contributed by atoms with Crippen LogP contribution < -0.4 is 10.1 Å². The molecule has 0 saturated carbocycles. The molecule has 0 unspecified atom stereocenters. The molecule has 1 N–H and O–H groups in total. The molecular formula is C21H20ClNO4. The van der Waals surface area contributed by atoms with Crippen molar-refractivity contribution in [2.45, 2.75) is 12.8 Å². The number of fused-ring (bicyclic) bond motifs is 1. The second-order valence-electron chi connectivity index (χ2n) is 6.16. The highest BCUT2D eigenvalue weighted by Crippen LogP contribution is 2.29. The zero-order valence-electron chi connectivity index (χ0n) is 14.7. The molecule has 3 rings (SSSR count). The summed E-state index contributed by atoms with van der Waals surface area (Å²) in [5.74, 6) is -0.232. The number of halogens is 1. The van der Waals surface area contributed by atoms with Gasteiger partial charge in [0.25, 0.3) is 5.91 Å². The van der Waals surface area contributed by atoms with E-state index in [1.165, 1.54) is 5.56 Å². The molecule has 0 radical (unpaired) electrons. The molecule has 2 aromatic carbocycles. The summed E-state index contributed by atoms with van der Waals surface area (Å²) in [6, 6.07) is 15.2. The Labute approximate surface area is 162 Å². The van der Waals surface area contributed by atoms with Gasteiger partial charge in [0.05, 0.1) is 5.57 Å². The molecule has 0 bridgehead atoms. The van der Waals surface area contributed by atoms with E-state index in [9.17, 15) is 9.59 Å². The average molecular weight is 386 g/mol. The minimum absolute atomic E-state index is 0.103. The first-order chi connectivity index (χ1) is 13.1. The van der Waals surface area contributed by atoms with E-state index in [1.807, 2.05) is 18.2 Å². The maximum atomic E-state index is 12.1. The van der Waals surface area contributed by atoms with Crippen LogP contribution in [0.4, 0.5) is 0 Å². The number of hydrogen-bond acceptors (Lipinski definition) is 4. The van der Waals surface area contributed by atoms with Crippen LogP contribution in [0.1, 0.15) is 17.5 Å². The lowest BCUT2D eigenvalue weighted by atomic mass is 10.1. The monoisotopic (exact) mass is 385 g/mol. The first-order valence-electron chi connectivity index (χ1n) is 8.72. The molecule has 5 nitrogen and oxygen atoms in total. The van der Waals surface area contributed by atoms with Crippen LogP contribution >= 0.6 is 11.6 Å². The fraction of sp³-hybridized carbons (Fsp3) is 0.238. The number of benzene rings is 2. The summed E-state index contributed by atoms with van der Waals surface area (Å²) in [4.78, 5) is 24.0. The van der Waals surface area contributed by atoms with Crippen molar-refractivity contribution < 1.29 is 19.1 Å². The van der Waals surface area contributed by atoms with Crippen molar-refractivity contribution in [3.8, 4) is 5.75 Å². The summed E-state index contributed by atoms with van der Waals surface area (Å²) in [6.45, 7) is 0.318. The topological polar surface area (TPSA) is 64.6 Å². The Kier molecular flexibility index (Phi) is 6.49. The van der Waals surface area contributed by atoms with Gasteiger partial charge in [-0.2, -0.15) is 0 Å². The van der Waals surface area contributed by atoms with Crippen molar-refractivity contribution in [3.05, 3.63) is 70.3 Å². The zero-order valence-corrected chi connectivity index (χ0v) is 15.5. The molecule has 0 atom stereocenters. The van der Waals surface area contributed by atoms with Gasteiger partial charge in [-0.25, -0.2) is 4.79 Å². The van der Waals surface area contributed by atoms with E-state index in [2.05, 4.69) is 17.4 Å². The molecule has 0 fully saturated rings. The Morgan fingerprint density at radius 3 is 2.78 bits per heavy atom. The van der Waals surface area contributed by atoms with Crippen molar-refractivity contribution >= 4 is 29.6 Å². The Morgan fingerprint density at radius 1 is 1.15 bits per heavy atom. The van der Waals surface area contributed by atoms with E-state index in [0.29, 0.717) is 28.5 Å². The summed E-state index contributed by atoms with van der Waals surface area (Å²) >= 11 is 5.95. The summed E-state index contributed by atoms with van der Waals surface area (Å²) in [7, 11) is 0. The Morgan fingerprint density at radius 2 is 1.96 bits per heavy atom. The van der Waals surface area contributed by atoms with Crippen LogP contribution in [0.15, 0.2) is 54.1 Å². The van der Waals surface area contributed by atoms with Crippen LogP contribution in [0, 0.1) is 0 Å². The van der Waals surface area contributed by atoms with Gasteiger partial charge < -0.3 is 14.8 Å². The first-order valence-corrected chi connectivity index (χ1v) is 9.10. The van der Waals surface area contributed by atoms with Crippen LogP contribution in [0.25, 0.3) is 6.08 Å². The minimum Gasteiger partial charge on any atom is -0.488 e. The fourth-order valence-electron chi connectivity index (χ4n) is 2.71. The molecule has 1 aliphatic rings. The van der Waals surface area contributed by atoms with Gasteiger partial charge in [0.15, 0.2) is 6.61 Å². The number of rotatable bonds is 7. The van der Waals surface area contributed by atoms with Crippen molar-refractivity contribution in [2.75, 3.05) is 19.8 Å². The Hall–Kier alpha value is -2.79. The molecule has 0 aromatic heterocycles. The average Bonchev–Trinajstić information content (AvgIpc) is 2.69. The van der Waals surface area contributed by atoms with E-state index < -0.39 is 5.97 Å². The van der Waals surface area contributed by atoms with Gasteiger partial charge in [-0.05, 0) is 42.7 Å².